The Labute approximate surface area is 117 Å². The molecule has 0 aromatic heterocycles. The van der Waals surface area contributed by atoms with E-state index >= 15 is 0 Å². The van der Waals surface area contributed by atoms with Gasteiger partial charge in [0.1, 0.15) is 5.75 Å². The molecule has 0 spiro atoms. The van der Waals surface area contributed by atoms with E-state index in [1.807, 2.05) is 12.1 Å². The van der Waals surface area contributed by atoms with Crippen LogP contribution in [-0.4, -0.2) is 37.4 Å². The second-order valence-electron chi connectivity index (χ2n) is 4.03. The van der Waals surface area contributed by atoms with E-state index in [4.69, 9.17) is 4.74 Å². The van der Waals surface area contributed by atoms with E-state index in [0.717, 1.165) is 36.8 Å². The molecule has 1 aromatic rings. The van der Waals surface area contributed by atoms with E-state index in [-0.39, 0.29) is 0 Å². The summed E-state index contributed by atoms with van der Waals surface area (Å²) in [6.07, 6.45) is 1.79. The van der Waals surface area contributed by atoms with Crippen LogP contribution in [0.3, 0.4) is 0 Å². The average Bonchev–Trinajstić information content (AvgIpc) is 2.40. The van der Waals surface area contributed by atoms with Crippen LogP contribution in [0.15, 0.2) is 22.7 Å². The molecule has 0 aliphatic rings. The molecule has 0 atom stereocenters. The maximum absolute atomic E-state index is 10.9. The Morgan fingerprint density at radius 1 is 1.33 bits per heavy atom. The minimum atomic E-state index is 0.590. The first-order valence-corrected chi connectivity index (χ1v) is 7.10. The van der Waals surface area contributed by atoms with Crippen molar-refractivity contribution in [1.82, 2.24) is 4.90 Å². The first-order chi connectivity index (χ1) is 8.71. The second-order valence-corrected chi connectivity index (χ2v) is 4.94. The highest BCUT2D eigenvalue weighted by atomic mass is 79.9. The van der Waals surface area contributed by atoms with Crippen LogP contribution >= 0.6 is 15.9 Å². The van der Waals surface area contributed by atoms with Gasteiger partial charge in [0, 0.05) is 11.0 Å². The Kier molecular flexibility index (Phi) is 6.98. The van der Waals surface area contributed by atoms with E-state index in [1.165, 1.54) is 0 Å². The van der Waals surface area contributed by atoms with Crippen molar-refractivity contribution in [2.24, 2.45) is 0 Å². The van der Waals surface area contributed by atoms with Gasteiger partial charge in [0.15, 0.2) is 6.29 Å². The molecular formula is C14H20BrNO2. The van der Waals surface area contributed by atoms with Crippen molar-refractivity contribution in [3.63, 3.8) is 0 Å². The summed E-state index contributed by atoms with van der Waals surface area (Å²) in [5.41, 5.74) is 0.590. The van der Waals surface area contributed by atoms with Crippen LogP contribution < -0.4 is 4.74 Å². The second kappa shape index (κ2) is 8.27. The molecule has 0 unspecified atom stereocenters. The van der Waals surface area contributed by atoms with E-state index in [9.17, 15) is 4.79 Å². The standard InChI is InChI=1S/C14H20BrNO2/c1-3-16(4-2)8-5-9-18-14-7-6-13(15)10-12(14)11-17/h6-7,10-11H,3-5,8-9H2,1-2H3. The number of carbonyl (C=O) groups is 1. The minimum Gasteiger partial charge on any atom is -0.493 e. The van der Waals surface area contributed by atoms with Gasteiger partial charge in [0.25, 0.3) is 0 Å². The number of rotatable bonds is 8. The molecule has 3 nitrogen and oxygen atoms in total. The van der Waals surface area contributed by atoms with Gasteiger partial charge in [0.05, 0.1) is 12.2 Å². The molecule has 0 radical (unpaired) electrons. The zero-order valence-corrected chi connectivity index (χ0v) is 12.6. The van der Waals surface area contributed by atoms with Crippen LogP contribution in [-0.2, 0) is 0 Å². The van der Waals surface area contributed by atoms with Gasteiger partial charge in [-0.15, -0.1) is 0 Å². The highest BCUT2D eigenvalue weighted by molar-refractivity contribution is 9.10. The van der Waals surface area contributed by atoms with Gasteiger partial charge in [0.2, 0.25) is 0 Å². The summed E-state index contributed by atoms with van der Waals surface area (Å²) in [4.78, 5) is 13.3. The summed E-state index contributed by atoms with van der Waals surface area (Å²) in [6, 6.07) is 5.48. The SMILES string of the molecule is CCN(CC)CCCOc1ccc(Br)cc1C=O. The number of halogens is 1. The van der Waals surface area contributed by atoms with Crippen molar-refractivity contribution in [1.29, 1.82) is 0 Å². The summed E-state index contributed by atoms with van der Waals surface area (Å²) < 4.78 is 6.53. The van der Waals surface area contributed by atoms with Crippen molar-refractivity contribution in [2.45, 2.75) is 20.3 Å². The van der Waals surface area contributed by atoms with Gasteiger partial charge >= 0.3 is 0 Å². The molecule has 1 rings (SSSR count). The maximum Gasteiger partial charge on any atom is 0.153 e. The van der Waals surface area contributed by atoms with Crippen LogP contribution in [0.5, 0.6) is 5.75 Å². The first-order valence-electron chi connectivity index (χ1n) is 6.31. The summed E-state index contributed by atoms with van der Waals surface area (Å²) in [5.74, 6) is 0.660. The number of carbonyl (C=O) groups excluding carboxylic acids is 1. The monoisotopic (exact) mass is 313 g/mol. The van der Waals surface area contributed by atoms with Crippen molar-refractivity contribution in [2.75, 3.05) is 26.2 Å². The Bertz CT molecular complexity index is 378. The molecule has 0 fully saturated rings. The average molecular weight is 314 g/mol. The summed E-state index contributed by atoms with van der Waals surface area (Å²) in [5, 5.41) is 0. The van der Waals surface area contributed by atoms with Gasteiger partial charge in [-0.3, -0.25) is 4.79 Å². The lowest BCUT2D eigenvalue weighted by atomic mass is 10.2. The fourth-order valence-corrected chi connectivity index (χ4v) is 2.13. The van der Waals surface area contributed by atoms with Crippen molar-refractivity contribution >= 4 is 22.2 Å². The van der Waals surface area contributed by atoms with Crippen molar-refractivity contribution < 1.29 is 9.53 Å². The third-order valence-corrected chi connectivity index (χ3v) is 3.36. The quantitative estimate of drug-likeness (QED) is 0.544. The fourth-order valence-electron chi connectivity index (χ4n) is 1.75. The van der Waals surface area contributed by atoms with Crippen LogP contribution in [0.2, 0.25) is 0 Å². The molecule has 1 aromatic carbocycles. The first kappa shape index (κ1) is 15.2. The van der Waals surface area contributed by atoms with E-state index in [2.05, 4.69) is 34.7 Å². The van der Waals surface area contributed by atoms with Crippen molar-refractivity contribution in [3.8, 4) is 5.75 Å². The molecule has 18 heavy (non-hydrogen) atoms. The van der Waals surface area contributed by atoms with Gasteiger partial charge in [-0.1, -0.05) is 29.8 Å². The molecule has 4 heteroatoms. The number of hydrogen-bond acceptors (Lipinski definition) is 3. The molecule has 0 N–H and O–H groups in total. The molecular weight excluding hydrogens is 294 g/mol. The zero-order chi connectivity index (χ0) is 13.4. The van der Waals surface area contributed by atoms with Gasteiger partial charge in [-0.25, -0.2) is 0 Å². The highest BCUT2D eigenvalue weighted by Gasteiger charge is 2.04. The summed E-state index contributed by atoms with van der Waals surface area (Å²) in [6.45, 7) is 8.11. The lowest BCUT2D eigenvalue weighted by molar-refractivity contribution is 0.111. The minimum absolute atomic E-state index is 0.590. The number of benzene rings is 1. The fraction of sp³-hybridized carbons (Fsp3) is 0.500. The number of hydrogen-bond donors (Lipinski definition) is 0. The molecule has 0 saturated carbocycles. The predicted octanol–water partition coefficient (Wildman–Crippen LogP) is 3.37. The molecule has 0 heterocycles. The summed E-state index contributed by atoms with van der Waals surface area (Å²) >= 11 is 3.34. The zero-order valence-electron chi connectivity index (χ0n) is 11.0. The summed E-state index contributed by atoms with van der Waals surface area (Å²) in [7, 11) is 0. The molecule has 0 aliphatic heterocycles. The van der Waals surface area contributed by atoms with Crippen LogP contribution in [0, 0.1) is 0 Å². The van der Waals surface area contributed by atoms with E-state index in [1.54, 1.807) is 6.07 Å². The van der Waals surface area contributed by atoms with Gasteiger partial charge in [-0.2, -0.15) is 0 Å². The Balaban J connectivity index is 2.41. The largest absolute Gasteiger partial charge is 0.493 e. The van der Waals surface area contributed by atoms with E-state index < -0.39 is 0 Å². The molecule has 0 bridgehead atoms. The Hall–Kier alpha value is -0.870. The van der Waals surface area contributed by atoms with Gasteiger partial charge < -0.3 is 9.64 Å². The number of aldehydes is 1. The van der Waals surface area contributed by atoms with Crippen LogP contribution in [0.1, 0.15) is 30.6 Å². The lowest BCUT2D eigenvalue weighted by Crippen LogP contribution is -2.25. The highest BCUT2D eigenvalue weighted by Crippen LogP contribution is 2.21. The number of ether oxygens (including phenoxy) is 1. The third kappa shape index (κ3) is 4.78. The maximum atomic E-state index is 10.9. The smallest absolute Gasteiger partial charge is 0.153 e. The topological polar surface area (TPSA) is 29.5 Å². The normalized spacial score (nSPS) is 10.7. The Morgan fingerprint density at radius 3 is 2.67 bits per heavy atom. The predicted molar refractivity (Wildman–Crippen MR) is 77.4 cm³/mol. The number of nitrogens with zero attached hydrogens (tertiary/aromatic N) is 1. The molecule has 0 aliphatic carbocycles. The van der Waals surface area contributed by atoms with Crippen LogP contribution in [0.4, 0.5) is 0 Å². The van der Waals surface area contributed by atoms with Crippen LogP contribution in [0.25, 0.3) is 0 Å². The third-order valence-electron chi connectivity index (χ3n) is 2.87. The van der Waals surface area contributed by atoms with Crippen molar-refractivity contribution in [3.05, 3.63) is 28.2 Å². The molecule has 0 saturated heterocycles. The Morgan fingerprint density at radius 2 is 2.06 bits per heavy atom. The van der Waals surface area contributed by atoms with E-state index in [0.29, 0.717) is 17.9 Å². The molecule has 100 valence electrons. The molecule has 0 amide bonds. The van der Waals surface area contributed by atoms with Gasteiger partial charge in [-0.05, 0) is 37.7 Å². The lowest BCUT2D eigenvalue weighted by Gasteiger charge is -2.17.